The van der Waals surface area contributed by atoms with Crippen molar-refractivity contribution in [2.24, 2.45) is 0 Å². The Morgan fingerprint density at radius 2 is 2.00 bits per heavy atom. The average Bonchev–Trinajstić information content (AvgIpc) is 2.40. The number of carbonyl (C=O) groups is 1. The minimum absolute atomic E-state index is 0.165. The first-order chi connectivity index (χ1) is 5.97. The monoisotopic (exact) mass is 180 g/mol. The van der Waals surface area contributed by atoms with Gasteiger partial charge < -0.3 is 5.32 Å². The molecule has 0 unspecified atom stereocenters. The molecule has 0 spiro atoms. The van der Waals surface area contributed by atoms with Crippen LogP contribution in [0.5, 0.6) is 0 Å². The summed E-state index contributed by atoms with van der Waals surface area (Å²) >= 11 is 0. The Kier molecular flexibility index (Phi) is 1.74. The summed E-state index contributed by atoms with van der Waals surface area (Å²) in [7, 11) is 0. The van der Waals surface area contributed by atoms with Crippen molar-refractivity contribution in [3.63, 3.8) is 0 Å². The molecule has 3 heteroatoms. The van der Waals surface area contributed by atoms with Crippen molar-refractivity contribution >= 4 is 5.91 Å². The lowest BCUT2D eigenvalue weighted by Gasteiger charge is -2.32. The highest BCUT2D eigenvalue weighted by Gasteiger charge is 2.34. The van der Waals surface area contributed by atoms with Gasteiger partial charge in [-0.25, -0.2) is 0 Å². The highest BCUT2D eigenvalue weighted by Crippen LogP contribution is 2.28. The van der Waals surface area contributed by atoms with Crippen molar-refractivity contribution in [1.29, 1.82) is 0 Å². The lowest BCUT2D eigenvalue weighted by Crippen LogP contribution is -2.41. The maximum absolute atomic E-state index is 11.0. The fourth-order valence-corrected chi connectivity index (χ4v) is 1.86. The van der Waals surface area contributed by atoms with E-state index in [1.54, 1.807) is 0 Å². The number of hydrogen-bond donors (Lipinski definition) is 1. The Labute approximate surface area is 78.8 Å². The van der Waals surface area contributed by atoms with Crippen molar-refractivity contribution in [2.45, 2.75) is 32.7 Å². The van der Waals surface area contributed by atoms with Crippen LogP contribution in [-0.4, -0.2) is 29.4 Å². The molecule has 2 heterocycles. The van der Waals surface area contributed by atoms with Gasteiger partial charge in [-0.05, 0) is 26.3 Å². The molecule has 0 saturated heterocycles. The van der Waals surface area contributed by atoms with Gasteiger partial charge in [0.15, 0.2) is 0 Å². The van der Waals surface area contributed by atoms with E-state index in [-0.39, 0.29) is 11.4 Å². The van der Waals surface area contributed by atoms with E-state index in [4.69, 9.17) is 0 Å². The number of nitrogens with one attached hydrogen (secondary N) is 1. The molecule has 2 aliphatic heterocycles. The molecule has 3 nitrogen and oxygen atoms in total. The van der Waals surface area contributed by atoms with E-state index < -0.39 is 0 Å². The van der Waals surface area contributed by atoms with Crippen LogP contribution >= 0.6 is 0 Å². The van der Waals surface area contributed by atoms with Gasteiger partial charge in [0.05, 0.1) is 6.42 Å². The standard InChI is InChI=1S/C10H16N2O/c1-10(2,3)12-5-7-4-9(13)11-8(7)6-12/h4-6H2,1-3H3,(H,11,13). The van der Waals surface area contributed by atoms with Gasteiger partial charge in [-0.3, -0.25) is 9.69 Å². The van der Waals surface area contributed by atoms with Gasteiger partial charge in [0.1, 0.15) is 0 Å². The van der Waals surface area contributed by atoms with Crippen LogP contribution < -0.4 is 5.32 Å². The van der Waals surface area contributed by atoms with Gasteiger partial charge in [0, 0.05) is 24.3 Å². The predicted molar refractivity (Wildman–Crippen MR) is 51.1 cm³/mol. The zero-order valence-electron chi connectivity index (χ0n) is 8.48. The van der Waals surface area contributed by atoms with Crippen LogP contribution in [0.1, 0.15) is 27.2 Å². The maximum Gasteiger partial charge on any atom is 0.228 e. The molecule has 2 aliphatic rings. The summed E-state index contributed by atoms with van der Waals surface area (Å²) in [5, 5.41) is 2.92. The molecule has 13 heavy (non-hydrogen) atoms. The van der Waals surface area contributed by atoms with Gasteiger partial charge in [-0.15, -0.1) is 0 Å². The second-order valence-electron chi connectivity index (χ2n) is 4.83. The Morgan fingerprint density at radius 1 is 1.31 bits per heavy atom. The number of carbonyl (C=O) groups excluding carboxylic acids is 1. The minimum atomic E-state index is 0.165. The van der Waals surface area contributed by atoms with Crippen molar-refractivity contribution in [1.82, 2.24) is 10.2 Å². The van der Waals surface area contributed by atoms with Crippen LogP contribution in [-0.2, 0) is 4.79 Å². The molecule has 0 aromatic rings. The van der Waals surface area contributed by atoms with E-state index in [9.17, 15) is 4.79 Å². The molecule has 72 valence electrons. The van der Waals surface area contributed by atoms with E-state index in [0.717, 1.165) is 18.8 Å². The highest BCUT2D eigenvalue weighted by molar-refractivity contribution is 5.84. The lowest BCUT2D eigenvalue weighted by atomic mass is 10.1. The van der Waals surface area contributed by atoms with E-state index in [2.05, 4.69) is 31.0 Å². The average molecular weight is 180 g/mol. The van der Waals surface area contributed by atoms with Crippen LogP contribution in [0.25, 0.3) is 0 Å². The van der Waals surface area contributed by atoms with E-state index in [1.165, 1.54) is 5.57 Å². The molecule has 1 amide bonds. The Bertz CT molecular complexity index is 266. The van der Waals surface area contributed by atoms with Gasteiger partial charge in [-0.1, -0.05) is 0 Å². The zero-order chi connectivity index (χ0) is 9.64. The first-order valence-electron chi connectivity index (χ1n) is 4.72. The summed E-state index contributed by atoms with van der Waals surface area (Å²) < 4.78 is 0. The van der Waals surface area contributed by atoms with Crippen LogP contribution in [0.15, 0.2) is 11.3 Å². The number of amides is 1. The Hall–Kier alpha value is -0.830. The van der Waals surface area contributed by atoms with Crippen molar-refractivity contribution in [3.8, 4) is 0 Å². The lowest BCUT2D eigenvalue weighted by molar-refractivity contribution is -0.119. The third-order valence-electron chi connectivity index (χ3n) is 2.77. The molecule has 0 aromatic carbocycles. The third-order valence-corrected chi connectivity index (χ3v) is 2.77. The predicted octanol–water partition coefficient (Wildman–Crippen LogP) is 0.875. The van der Waals surface area contributed by atoms with Gasteiger partial charge >= 0.3 is 0 Å². The second-order valence-corrected chi connectivity index (χ2v) is 4.83. The summed E-state index contributed by atoms with van der Waals surface area (Å²) in [5.41, 5.74) is 2.65. The molecule has 0 saturated carbocycles. The van der Waals surface area contributed by atoms with E-state index in [1.807, 2.05) is 0 Å². The second kappa shape index (κ2) is 2.58. The largest absolute Gasteiger partial charge is 0.328 e. The fraction of sp³-hybridized carbons (Fsp3) is 0.700. The van der Waals surface area contributed by atoms with Gasteiger partial charge in [0.25, 0.3) is 0 Å². The van der Waals surface area contributed by atoms with Gasteiger partial charge in [0.2, 0.25) is 5.91 Å². The summed E-state index contributed by atoms with van der Waals surface area (Å²) in [5.74, 6) is 0.165. The van der Waals surface area contributed by atoms with Crippen LogP contribution in [0.2, 0.25) is 0 Å². The number of hydrogen-bond acceptors (Lipinski definition) is 2. The van der Waals surface area contributed by atoms with Crippen LogP contribution in [0.4, 0.5) is 0 Å². The number of rotatable bonds is 0. The molecule has 0 aromatic heterocycles. The molecular weight excluding hydrogens is 164 g/mol. The topological polar surface area (TPSA) is 32.3 Å². The smallest absolute Gasteiger partial charge is 0.228 e. The molecule has 0 aliphatic carbocycles. The third kappa shape index (κ3) is 1.48. The minimum Gasteiger partial charge on any atom is -0.328 e. The van der Waals surface area contributed by atoms with Crippen molar-refractivity contribution in [2.75, 3.05) is 13.1 Å². The summed E-state index contributed by atoms with van der Waals surface area (Å²) in [4.78, 5) is 13.4. The first-order valence-corrected chi connectivity index (χ1v) is 4.72. The zero-order valence-corrected chi connectivity index (χ0v) is 8.48. The summed E-state index contributed by atoms with van der Waals surface area (Å²) in [6.07, 6.45) is 0.613. The molecule has 2 rings (SSSR count). The Morgan fingerprint density at radius 3 is 2.54 bits per heavy atom. The molecule has 0 radical (unpaired) electrons. The molecule has 0 bridgehead atoms. The van der Waals surface area contributed by atoms with Crippen molar-refractivity contribution in [3.05, 3.63) is 11.3 Å². The molecular formula is C10H16N2O. The summed E-state index contributed by atoms with van der Waals surface area (Å²) in [6, 6.07) is 0. The van der Waals surface area contributed by atoms with Crippen molar-refractivity contribution < 1.29 is 4.79 Å². The van der Waals surface area contributed by atoms with E-state index in [0.29, 0.717) is 6.42 Å². The first kappa shape index (κ1) is 8.75. The normalized spacial score (nSPS) is 23.8. The highest BCUT2D eigenvalue weighted by atomic mass is 16.1. The van der Waals surface area contributed by atoms with Crippen LogP contribution in [0.3, 0.4) is 0 Å². The van der Waals surface area contributed by atoms with E-state index >= 15 is 0 Å². The SMILES string of the molecule is CC(C)(C)N1CC2=C(C1)NC(=O)C2. The van der Waals surface area contributed by atoms with Crippen LogP contribution in [0, 0.1) is 0 Å². The molecule has 1 N–H and O–H groups in total. The van der Waals surface area contributed by atoms with Gasteiger partial charge in [-0.2, -0.15) is 0 Å². The fourth-order valence-electron chi connectivity index (χ4n) is 1.86. The Balaban J connectivity index is 2.06. The quantitative estimate of drug-likeness (QED) is 0.600. The molecule has 0 atom stereocenters. The number of nitrogens with zero attached hydrogens (tertiary/aromatic N) is 1. The maximum atomic E-state index is 11.0. The molecule has 0 fully saturated rings. The summed E-state index contributed by atoms with van der Waals surface area (Å²) in [6.45, 7) is 8.48.